The van der Waals surface area contributed by atoms with E-state index in [1.54, 1.807) is 0 Å². The molecule has 0 atom stereocenters. The van der Waals surface area contributed by atoms with Crippen LogP contribution in [0.5, 0.6) is 0 Å². The van der Waals surface area contributed by atoms with Gasteiger partial charge in [-0.15, -0.1) is 0 Å². The fraction of sp³-hybridized carbons (Fsp3) is 1.00. The van der Waals surface area contributed by atoms with E-state index in [0.717, 1.165) is 0 Å². The molecule has 6 nitrogen and oxygen atoms in total. The maximum absolute atomic E-state index is 10.7. The first-order valence-electron chi connectivity index (χ1n) is 2.54. The molecule has 0 saturated carbocycles. The summed E-state index contributed by atoms with van der Waals surface area (Å²) in [7, 11) is -12.2. The summed E-state index contributed by atoms with van der Waals surface area (Å²) in [6, 6.07) is 0. The zero-order valence-corrected chi connectivity index (χ0v) is 11.1. The number of hydrogen-bond donors (Lipinski definition) is 0. The van der Waals surface area contributed by atoms with E-state index in [2.05, 4.69) is 0 Å². The van der Waals surface area contributed by atoms with Crippen molar-refractivity contribution in [3.05, 3.63) is 0 Å². The molecule has 0 N–H and O–H groups in total. The Bertz CT molecular complexity index is 374. The van der Waals surface area contributed by atoms with E-state index in [9.17, 15) is 26.3 Å². The standard InChI is InChI=1S/2CHF3O3S.Os/c2*2-1(3,4)8(5,6)7;/h2*(H,5,6,7);/q;;+2/p-2. The molecule has 0 saturated heterocycles. The van der Waals surface area contributed by atoms with Crippen LogP contribution in [0.25, 0.3) is 0 Å². The molecule has 0 bridgehead atoms. The molecule has 0 aliphatic carbocycles. The van der Waals surface area contributed by atoms with Crippen LogP contribution in [-0.4, -0.2) is 37.0 Å². The van der Waals surface area contributed by atoms with Crippen molar-refractivity contribution in [2.24, 2.45) is 0 Å². The van der Waals surface area contributed by atoms with Crippen LogP contribution in [0.3, 0.4) is 0 Å². The Labute approximate surface area is 104 Å². The topological polar surface area (TPSA) is 114 Å². The summed E-state index contributed by atoms with van der Waals surface area (Å²) in [6.45, 7) is 0. The largest absolute Gasteiger partial charge is 2.00 e. The van der Waals surface area contributed by atoms with Crippen LogP contribution in [0.4, 0.5) is 26.3 Å². The molecular weight excluding hydrogens is 488 g/mol. The quantitative estimate of drug-likeness (QED) is 0.272. The third-order valence-corrected chi connectivity index (χ3v) is 1.70. The second-order valence-electron chi connectivity index (χ2n) is 1.80. The molecule has 0 aliphatic heterocycles. The summed E-state index contributed by atoms with van der Waals surface area (Å²) in [6.07, 6.45) is 0. The fourth-order valence-electron chi connectivity index (χ4n) is 0. The maximum atomic E-state index is 10.7. The first-order valence-corrected chi connectivity index (χ1v) is 5.36. The van der Waals surface area contributed by atoms with Gasteiger partial charge < -0.3 is 9.11 Å². The van der Waals surface area contributed by atoms with Crippen LogP contribution in [-0.2, 0) is 40.0 Å². The van der Waals surface area contributed by atoms with E-state index in [4.69, 9.17) is 25.9 Å². The van der Waals surface area contributed by atoms with Gasteiger partial charge in [-0.05, 0) is 0 Å². The predicted octanol–water partition coefficient (Wildman–Crippen LogP) is 0.100. The summed E-state index contributed by atoms with van der Waals surface area (Å²) >= 11 is 0. The van der Waals surface area contributed by atoms with E-state index in [1.165, 1.54) is 0 Å². The first-order chi connectivity index (χ1) is 6.50. The van der Waals surface area contributed by atoms with Crippen LogP contribution in [0.1, 0.15) is 0 Å². The Balaban J connectivity index is -0.000000218. The Morgan fingerprint density at radius 1 is 0.647 bits per heavy atom. The van der Waals surface area contributed by atoms with Gasteiger partial charge in [0.1, 0.15) is 0 Å². The van der Waals surface area contributed by atoms with Crippen molar-refractivity contribution in [3.8, 4) is 0 Å². The predicted molar refractivity (Wildman–Crippen MR) is 31.5 cm³/mol. The Morgan fingerprint density at radius 2 is 0.706 bits per heavy atom. The molecule has 0 rings (SSSR count). The van der Waals surface area contributed by atoms with Crippen molar-refractivity contribution in [2.75, 3.05) is 0 Å². The molecule has 0 spiro atoms. The molecule has 0 aromatic heterocycles. The van der Waals surface area contributed by atoms with Gasteiger partial charge in [-0.25, -0.2) is 16.8 Å². The van der Waals surface area contributed by atoms with Gasteiger partial charge in [0.2, 0.25) is 0 Å². The minimum absolute atomic E-state index is 0. The minimum Gasteiger partial charge on any atom is -0.741 e. The normalized spacial score (nSPS) is 13.2. The van der Waals surface area contributed by atoms with E-state index < -0.39 is 31.3 Å². The number of rotatable bonds is 0. The van der Waals surface area contributed by atoms with Gasteiger partial charge >= 0.3 is 30.8 Å². The number of hydrogen-bond acceptors (Lipinski definition) is 6. The van der Waals surface area contributed by atoms with Crippen LogP contribution in [0.2, 0.25) is 0 Å². The molecule has 0 aromatic carbocycles. The van der Waals surface area contributed by atoms with E-state index >= 15 is 0 Å². The first kappa shape index (κ1) is 22.2. The summed E-state index contributed by atoms with van der Waals surface area (Å²) in [5.74, 6) is 0. The van der Waals surface area contributed by atoms with Gasteiger partial charge in [-0.2, -0.15) is 26.3 Å². The van der Waals surface area contributed by atoms with Gasteiger partial charge in [-0.1, -0.05) is 0 Å². The minimum atomic E-state index is -6.09. The molecule has 0 amide bonds. The molecule has 0 heterocycles. The molecule has 0 aromatic rings. The molecule has 106 valence electrons. The van der Waals surface area contributed by atoms with Gasteiger partial charge in [0, 0.05) is 0 Å². The van der Waals surface area contributed by atoms with E-state index in [0.29, 0.717) is 0 Å². The van der Waals surface area contributed by atoms with Crippen LogP contribution in [0, 0.1) is 0 Å². The van der Waals surface area contributed by atoms with Crippen LogP contribution in [0.15, 0.2) is 0 Å². The van der Waals surface area contributed by atoms with Gasteiger partial charge in [-0.3, -0.25) is 0 Å². The third kappa shape index (κ3) is 9.71. The fourth-order valence-corrected chi connectivity index (χ4v) is 0. The molecule has 0 aliphatic rings. The van der Waals surface area contributed by atoms with E-state index in [-0.39, 0.29) is 19.8 Å². The Morgan fingerprint density at radius 3 is 0.706 bits per heavy atom. The monoisotopic (exact) mass is 490 g/mol. The Hall–Kier alpha value is 0.0364. The summed E-state index contributed by atoms with van der Waals surface area (Å²) in [4.78, 5) is 0. The molecule has 0 radical (unpaired) electrons. The molecule has 17 heavy (non-hydrogen) atoms. The van der Waals surface area contributed by atoms with Gasteiger partial charge in [0.25, 0.3) is 0 Å². The van der Waals surface area contributed by atoms with Crippen LogP contribution < -0.4 is 0 Å². The summed E-state index contributed by atoms with van der Waals surface area (Å²) in [5, 5.41) is 0. The maximum Gasteiger partial charge on any atom is 2.00 e. The van der Waals surface area contributed by atoms with Crippen LogP contribution >= 0.6 is 0 Å². The summed E-state index contributed by atoms with van der Waals surface area (Å²) < 4.78 is 118. The van der Waals surface area contributed by atoms with Crippen molar-refractivity contribution in [3.63, 3.8) is 0 Å². The molecule has 0 fully saturated rings. The Kier molecular flexibility index (Phi) is 8.21. The molecule has 0 unspecified atom stereocenters. The van der Waals surface area contributed by atoms with Crippen molar-refractivity contribution in [1.82, 2.24) is 0 Å². The van der Waals surface area contributed by atoms with Crippen molar-refractivity contribution >= 4 is 20.2 Å². The number of halogens is 6. The average Bonchev–Trinajstić information content (AvgIpc) is 1.77. The second-order valence-corrected chi connectivity index (χ2v) is 4.54. The summed E-state index contributed by atoms with van der Waals surface area (Å²) in [5.41, 5.74) is -11.3. The third-order valence-electron chi connectivity index (χ3n) is 0.567. The molecule has 15 heteroatoms. The zero-order chi connectivity index (χ0) is 14.0. The SMILES string of the molecule is O=S(=O)([O-])C(F)(F)F.O=S(=O)([O-])C(F)(F)F.[Os+2]. The van der Waals surface area contributed by atoms with Crippen molar-refractivity contribution in [1.29, 1.82) is 0 Å². The van der Waals surface area contributed by atoms with E-state index in [1.807, 2.05) is 0 Å². The molecular formula is C2F6O6OsS2. The smallest absolute Gasteiger partial charge is 0.741 e. The van der Waals surface area contributed by atoms with Gasteiger partial charge in [0.15, 0.2) is 20.2 Å². The van der Waals surface area contributed by atoms with Crippen molar-refractivity contribution < 1.29 is 72.1 Å². The second kappa shape index (κ2) is 6.28. The zero-order valence-electron chi connectivity index (χ0n) is 6.89. The number of alkyl halides is 6. The van der Waals surface area contributed by atoms with Crippen molar-refractivity contribution in [2.45, 2.75) is 11.0 Å². The average molecular weight is 488 g/mol. The van der Waals surface area contributed by atoms with Gasteiger partial charge in [0.05, 0.1) is 0 Å².